The Morgan fingerprint density at radius 1 is 1.13 bits per heavy atom. The van der Waals surface area contributed by atoms with Gasteiger partial charge in [0.2, 0.25) is 0 Å². The molecule has 0 radical (unpaired) electrons. The van der Waals surface area contributed by atoms with E-state index in [1.54, 1.807) is 0 Å². The number of nitrogens with zero attached hydrogens (tertiary/aromatic N) is 1. The summed E-state index contributed by atoms with van der Waals surface area (Å²) in [5, 5.41) is 3.74. The molecule has 0 bridgehead atoms. The Balaban J connectivity index is 1.62. The van der Waals surface area contributed by atoms with Gasteiger partial charge in [0.05, 0.1) is 5.60 Å². The van der Waals surface area contributed by atoms with Crippen LogP contribution < -0.4 is 5.32 Å². The molecule has 3 heteroatoms. The van der Waals surface area contributed by atoms with E-state index in [0.29, 0.717) is 5.41 Å². The first-order valence-electron chi connectivity index (χ1n) is 9.18. The molecule has 2 aliphatic rings. The van der Waals surface area contributed by atoms with E-state index in [4.69, 9.17) is 4.74 Å². The lowest BCUT2D eigenvalue weighted by Gasteiger charge is -2.47. The third-order valence-corrected chi connectivity index (χ3v) is 5.36. The van der Waals surface area contributed by atoms with Crippen LogP contribution >= 0.6 is 0 Å². The molecule has 1 unspecified atom stereocenters. The van der Waals surface area contributed by atoms with Crippen LogP contribution in [0.1, 0.15) is 45.1 Å². The Labute approximate surface area is 141 Å². The molecule has 3 nitrogen and oxygen atoms in total. The molecule has 1 aromatic carbocycles. The van der Waals surface area contributed by atoms with Crippen LogP contribution in [0.25, 0.3) is 0 Å². The molecule has 1 aromatic rings. The number of hydrogen-bond donors (Lipinski definition) is 1. The highest BCUT2D eigenvalue weighted by Gasteiger charge is 2.41. The Morgan fingerprint density at radius 2 is 1.87 bits per heavy atom. The summed E-state index contributed by atoms with van der Waals surface area (Å²) < 4.78 is 6.00. The van der Waals surface area contributed by atoms with Gasteiger partial charge in [0.15, 0.2) is 0 Å². The molecule has 2 aliphatic heterocycles. The maximum Gasteiger partial charge on any atom is 0.0632 e. The van der Waals surface area contributed by atoms with Gasteiger partial charge in [-0.05, 0) is 58.2 Å². The molecular weight excluding hydrogens is 284 g/mol. The molecule has 0 aromatic heterocycles. The third-order valence-electron chi connectivity index (χ3n) is 5.36. The average Bonchev–Trinajstić information content (AvgIpc) is 3.00. The van der Waals surface area contributed by atoms with E-state index in [0.717, 1.165) is 26.1 Å². The van der Waals surface area contributed by atoms with Crippen molar-refractivity contribution in [3.8, 4) is 0 Å². The molecule has 128 valence electrons. The highest BCUT2D eigenvalue weighted by molar-refractivity contribution is 5.14. The van der Waals surface area contributed by atoms with E-state index in [2.05, 4.69) is 54.4 Å². The zero-order valence-corrected chi connectivity index (χ0v) is 14.8. The number of nitrogens with one attached hydrogen (secondary N) is 1. The molecule has 1 atom stereocenters. The van der Waals surface area contributed by atoms with Crippen LogP contribution in [0.3, 0.4) is 0 Å². The molecule has 2 saturated heterocycles. The van der Waals surface area contributed by atoms with Crippen molar-refractivity contribution in [2.75, 3.05) is 32.8 Å². The molecule has 0 spiro atoms. The van der Waals surface area contributed by atoms with Gasteiger partial charge in [-0.2, -0.15) is 0 Å². The largest absolute Gasteiger partial charge is 0.376 e. The molecular formula is C20H32N2O. The number of ether oxygens (including phenoxy) is 1. The van der Waals surface area contributed by atoms with Crippen LogP contribution in [0, 0.1) is 5.41 Å². The zero-order chi connectivity index (χ0) is 16.2. The van der Waals surface area contributed by atoms with Gasteiger partial charge in [0.25, 0.3) is 0 Å². The van der Waals surface area contributed by atoms with E-state index < -0.39 is 0 Å². The van der Waals surface area contributed by atoms with E-state index in [1.807, 2.05) is 0 Å². The van der Waals surface area contributed by atoms with E-state index in [9.17, 15) is 0 Å². The van der Waals surface area contributed by atoms with Crippen molar-refractivity contribution in [2.45, 2.75) is 51.7 Å². The van der Waals surface area contributed by atoms with Crippen molar-refractivity contribution in [2.24, 2.45) is 5.41 Å². The van der Waals surface area contributed by atoms with Crippen molar-refractivity contribution in [3.05, 3.63) is 35.9 Å². The SMILES string of the molecule is CC1(C)CC(CNCc2ccccc2)(CN2CCCC2)CCO1. The number of hydrogen-bond acceptors (Lipinski definition) is 3. The van der Waals surface area contributed by atoms with Gasteiger partial charge in [-0.25, -0.2) is 0 Å². The molecule has 3 rings (SSSR count). The smallest absolute Gasteiger partial charge is 0.0632 e. The van der Waals surface area contributed by atoms with Gasteiger partial charge < -0.3 is 15.0 Å². The molecule has 0 amide bonds. The van der Waals surface area contributed by atoms with Crippen molar-refractivity contribution in [1.29, 1.82) is 0 Å². The lowest BCUT2D eigenvalue weighted by molar-refractivity contribution is -0.110. The fourth-order valence-electron chi connectivity index (χ4n) is 4.41. The summed E-state index contributed by atoms with van der Waals surface area (Å²) in [6, 6.07) is 10.7. The zero-order valence-electron chi connectivity index (χ0n) is 14.8. The average molecular weight is 316 g/mol. The van der Waals surface area contributed by atoms with E-state index in [1.165, 1.54) is 44.5 Å². The highest BCUT2D eigenvalue weighted by Crippen LogP contribution is 2.39. The predicted molar refractivity (Wildman–Crippen MR) is 95.5 cm³/mol. The standard InChI is InChI=1S/C20H32N2O/c1-19(2)15-20(10-13-23-19,17-22-11-6-7-12-22)16-21-14-18-8-4-3-5-9-18/h3-5,8-9,21H,6-7,10-17H2,1-2H3. The van der Waals surface area contributed by atoms with Crippen LogP contribution in [0.15, 0.2) is 30.3 Å². The van der Waals surface area contributed by atoms with Crippen molar-refractivity contribution >= 4 is 0 Å². The Morgan fingerprint density at radius 3 is 2.57 bits per heavy atom. The van der Waals surface area contributed by atoms with Crippen molar-refractivity contribution < 1.29 is 4.74 Å². The van der Waals surface area contributed by atoms with Gasteiger partial charge in [-0.1, -0.05) is 30.3 Å². The Bertz CT molecular complexity index is 482. The topological polar surface area (TPSA) is 24.5 Å². The first-order valence-corrected chi connectivity index (χ1v) is 9.18. The molecule has 0 saturated carbocycles. The molecule has 2 heterocycles. The quantitative estimate of drug-likeness (QED) is 0.870. The second-order valence-electron chi connectivity index (χ2n) is 8.11. The second-order valence-corrected chi connectivity index (χ2v) is 8.11. The monoisotopic (exact) mass is 316 g/mol. The predicted octanol–water partition coefficient (Wildman–Crippen LogP) is 3.45. The minimum absolute atomic E-state index is 0.00635. The summed E-state index contributed by atoms with van der Waals surface area (Å²) in [7, 11) is 0. The van der Waals surface area contributed by atoms with Crippen LogP contribution in [-0.2, 0) is 11.3 Å². The molecule has 23 heavy (non-hydrogen) atoms. The summed E-state index contributed by atoms with van der Waals surface area (Å²) >= 11 is 0. The molecule has 2 fully saturated rings. The summed E-state index contributed by atoms with van der Waals surface area (Å²) in [5.41, 5.74) is 1.72. The number of rotatable bonds is 6. The normalized spacial score (nSPS) is 28.1. The van der Waals surface area contributed by atoms with Gasteiger partial charge in [0.1, 0.15) is 0 Å². The van der Waals surface area contributed by atoms with Crippen LogP contribution in [-0.4, -0.2) is 43.3 Å². The van der Waals surface area contributed by atoms with Gasteiger partial charge in [0, 0.05) is 31.7 Å². The second kappa shape index (κ2) is 7.33. The van der Waals surface area contributed by atoms with Crippen molar-refractivity contribution in [1.82, 2.24) is 10.2 Å². The third kappa shape index (κ3) is 4.79. The minimum atomic E-state index is 0.00635. The van der Waals surface area contributed by atoms with E-state index in [-0.39, 0.29) is 5.60 Å². The molecule has 1 N–H and O–H groups in total. The van der Waals surface area contributed by atoms with Gasteiger partial charge >= 0.3 is 0 Å². The number of likely N-dealkylation sites (tertiary alicyclic amines) is 1. The molecule has 0 aliphatic carbocycles. The van der Waals surface area contributed by atoms with Crippen LogP contribution in [0.4, 0.5) is 0 Å². The summed E-state index contributed by atoms with van der Waals surface area (Å²) in [5.74, 6) is 0. The van der Waals surface area contributed by atoms with E-state index >= 15 is 0 Å². The Kier molecular flexibility index (Phi) is 5.40. The maximum atomic E-state index is 6.00. The lowest BCUT2D eigenvalue weighted by atomic mass is 9.73. The van der Waals surface area contributed by atoms with Crippen LogP contribution in [0.2, 0.25) is 0 Å². The first kappa shape index (κ1) is 16.9. The van der Waals surface area contributed by atoms with Gasteiger partial charge in [-0.3, -0.25) is 0 Å². The first-order chi connectivity index (χ1) is 11.1. The van der Waals surface area contributed by atoms with Gasteiger partial charge in [-0.15, -0.1) is 0 Å². The lowest BCUT2D eigenvalue weighted by Crippen LogP contribution is -2.51. The fourth-order valence-corrected chi connectivity index (χ4v) is 4.41. The fraction of sp³-hybridized carbons (Fsp3) is 0.700. The Hall–Kier alpha value is -0.900. The van der Waals surface area contributed by atoms with Crippen LogP contribution in [0.5, 0.6) is 0 Å². The van der Waals surface area contributed by atoms with Crippen molar-refractivity contribution in [3.63, 3.8) is 0 Å². The maximum absolute atomic E-state index is 6.00. The summed E-state index contributed by atoms with van der Waals surface area (Å²) in [6.45, 7) is 11.2. The highest BCUT2D eigenvalue weighted by atomic mass is 16.5. The minimum Gasteiger partial charge on any atom is -0.376 e. The number of benzene rings is 1. The summed E-state index contributed by atoms with van der Waals surface area (Å²) in [6.07, 6.45) is 5.06. The summed E-state index contributed by atoms with van der Waals surface area (Å²) in [4.78, 5) is 2.67.